The van der Waals surface area contributed by atoms with Crippen LogP contribution in [0.15, 0.2) is 28.6 Å². The number of anilines is 2. The number of hydrogen-bond acceptors (Lipinski definition) is 9. The number of nitrogens with one attached hydrogen (secondary N) is 2. The van der Waals surface area contributed by atoms with E-state index in [0.717, 1.165) is 76.8 Å². The molecule has 9 nitrogen and oxygen atoms in total. The van der Waals surface area contributed by atoms with Gasteiger partial charge in [0.05, 0.1) is 15.9 Å². The average Bonchev–Trinajstić information content (AvgIpc) is 3.39. The molecule has 0 aromatic carbocycles. The lowest BCUT2D eigenvalue weighted by Gasteiger charge is -2.18. The zero-order chi connectivity index (χ0) is 23.8. The molecule has 0 aliphatic carbocycles. The summed E-state index contributed by atoms with van der Waals surface area (Å²) >= 11 is 8.16. The predicted molar refractivity (Wildman–Crippen MR) is 138 cm³/mol. The average molecular weight is 498 g/mol. The van der Waals surface area contributed by atoms with Crippen LogP contribution in [0.4, 0.5) is 11.6 Å². The van der Waals surface area contributed by atoms with Gasteiger partial charge in [0, 0.05) is 42.5 Å². The Hall–Kier alpha value is -2.69. The zero-order valence-corrected chi connectivity index (χ0v) is 21.0. The molecule has 1 aliphatic rings. The summed E-state index contributed by atoms with van der Waals surface area (Å²) in [6.45, 7) is 8.79. The molecule has 5 heterocycles. The lowest BCUT2D eigenvalue weighted by molar-refractivity contribution is 0.687. The van der Waals surface area contributed by atoms with E-state index in [4.69, 9.17) is 27.3 Å². The summed E-state index contributed by atoms with van der Waals surface area (Å²) in [7, 11) is 0. The summed E-state index contributed by atoms with van der Waals surface area (Å²) < 4.78 is 0. The molecule has 34 heavy (non-hydrogen) atoms. The highest BCUT2D eigenvalue weighted by Crippen LogP contribution is 2.37. The van der Waals surface area contributed by atoms with Crippen LogP contribution < -0.4 is 16.0 Å². The van der Waals surface area contributed by atoms with Gasteiger partial charge >= 0.3 is 0 Å². The summed E-state index contributed by atoms with van der Waals surface area (Å²) in [5, 5.41) is 5.53. The van der Waals surface area contributed by atoms with E-state index in [1.165, 1.54) is 11.8 Å². The van der Waals surface area contributed by atoms with Crippen LogP contribution in [0, 0.1) is 5.92 Å². The number of halogens is 1. The van der Waals surface area contributed by atoms with E-state index in [0.29, 0.717) is 16.1 Å². The zero-order valence-electron chi connectivity index (χ0n) is 19.5. The highest BCUT2D eigenvalue weighted by Gasteiger charge is 2.26. The number of pyridine rings is 1. The Balaban J connectivity index is 1.51. The normalized spacial score (nSPS) is 16.3. The van der Waals surface area contributed by atoms with Crippen LogP contribution in [0.5, 0.6) is 0 Å². The molecule has 1 saturated heterocycles. The number of nitrogens with zero attached hydrogens (tertiary/aromatic N) is 6. The predicted octanol–water partition coefficient (Wildman–Crippen LogP) is 4.27. The number of H-pyrrole nitrogens is 1. The van der Waals surface area contributed by atoms with Gasteiger partial charge in [0.15, 0.2) is 11.0 Å². The fraction of sp³-hybridized carbons (Fsp3) is 0.435. The number of fused-ring (bicyclic) bond motifs is 2. The fourth-order valence-electron chi connectivity index (χ4n) is 4.08. The first-order chi connectivity index (χ1) is 16.4. The van der Waals surface area contributed by atoms with Crippen molar-refractivity contribution in [3.8, 4) is 0 Å². The van der Waals surface area contributed by atoms with Gasteiger partial charge in [-0.25, -0.2) is 24.9 Å². The van der Waals surface area contributed by atoms with Crippen molar-refractivity contribution in [1.29, 1.82) is 0 Å². The van der Waals surface area contributed by atoms with Crippen molar-refractivity contribution in [2.75, 3.05) is 29.9 Å². The summed E-state index contributed by atoms with van der Waals surface area (Å²) in [5.74, 6) is 2.08. The Kier molecular flexibility index (Phi) is 6.46. The van der Waals surface area contributed by atoms with E-state index in [1.807, 2.05) is 12.3 Å². The molecule has 0 bridgehead atoms. The van der Waals surface area contributed by atoms with Gasteiger partial charge in [-0.1, -0.05) is 32.4 Å². The van der Waals surface area contributed by atoms with Gasteiger partial charge in [0.25, 0.3) is 0 Å². The van der Waals surface area contributed by atoms with Gasteiger partial charge < -0.3 is 20.9 Å². The summed E-state index contributed by atoms with van der Waals surface area (Å²) in [6.07, 6.45) is 5.09. The molecule has 178 valence electrons. The number of nitrogens with two attached hydrogens (primary N) is 1. The van der Waals surface area contributed by atoms with E-state index in [2.05, 4.69) is 50.9 Å². The molecular formula is C23H28ClN9S. The van der Waals surface area contributed by atoms with Gasteiger partial charge in [0.1, 0.15) is 23.3 Å². The Morgan fingerprint density at radius 1 is 1.29 bits per heavy atom. The molecule has 5 rings (SSSR count). The van der Waals surface area contributed by atoms with Crippen LogP contribution in [0.3, 0.4) is 0 Å². The highest BCUT2D eigenvalue weighted by atomic mass is 35.5. The van der Waals surface area contributed by atoms with Crippen molar-refractivity contribution < 1.29 is 0 Å². The maximum absolute atomic E-state index is 6.71. The Morgan fingerprint density at radius 3 is 2.88 bits per heavy atom. The number of hydrogen-bond donors (Lipinski definition) is 3. The minimum absolute atomic E-state index is 0.132. The SMILES string of the molecule is CCc1[nH]c2nc(Sc3cnc4c(NCC(C)C)ncnc4c3)nc(N3CCC(N)C3)c2c1Cl. The lowest BCUT2D eigenvalue weighted by Crippen LogP contribution is -2.27. The first-order valence-electron chi connectivity index (χ1n) is 11.5. The topological polar surface area (TPSA) is 122 Å². The fourth-order valence-corrected chi connectivity index (χ4v) is 5.20. The molecule has 1 aliphatic heterocycles. The summed E-state index contributed by atoms with van der Waals surface area (Å²) in [5.41, 5.74) is 9.41. The Bertz CT molecular complexity index is 1340. The molecule has 0 amide bonds. The molecule has 4 aromatic heterocycles. The van der Waals surface area contributed by atoms with Gasteiger partial charge in [-0.3, -0.25) is 0 Å². The minimum Gasteiger partial charge on any atom is -0.368 e. The number of aryl methyl sites for hydroxylation is 1. The Labute approximate surface area is 207 Å². The van der Waals surface area contributed by atoms with Gasteiger partial charge in [-0.15, -0.1) is 0 Å². The Morgan fingerprint density at radius 2 is 2.15 bits per heavy atom. The van der Waals surface area contributed by atoms with E-state index < -0.39 is 0 Å². The third-order valence-corrected chi connectivity index (χ3v) is 7.08. The highest BCUT2D eigenvalue weighted by molar-refractivity contribution is 7.99. The third-order valence-electron chi connectivity index (χ3n) is 5.84. The van der Waals surface area contributed by atoms with Crippen LogP contribution in [0.25, 0.3) is 22.1 Å². The van der Waals surface area contributed by atoms with Gasteiger partial charge in [0.2, 0.25) is 0 Å². The maximum Gasteiger partial charge on any atom is 0.196 e. The standard InChI is InChI=1S/C23H28ClN9S/c1-4-15-18(24)17-20(30-15)31-23(32-22(17)33-6-5-13(25)10-33)34-14-7-16-19(26-9-14)21(29-11-28-16)27-8-12(2)3/h7,9,11-13H,4-6,8,10,25H2,1-3H3,(H,27,28,29)(H,30,31,32). The molecular weight excluding hydrogens is 470 g/mol. The smallest absolute Gasteiger partial charge is 0.196 e. The van der Waals surface area contributed by atoms with Gasteiger partial charge in [-0.05, 0) is 36.6 Å². The minimum atomic E-state index is 0.132. The molecule has 1 unspecified atom stereocenters. The van der Waals surface area contributed by atoms with E-state index in [1.54, 1.807) is 6.33 Å². The van der Waals surface area contributed by atoms with E-state index >= 15 is 0 Å². The maximum atomic E-state index is 6.71. The van der Waals surface area contributed by atoms with Crippen molar-refractivity contribution >= 4 is 57.1 Å². The monoisotopic (exact) mass is 497 g/mol. The number of aromatic nitrogens is 6. The molecule has 1 atom stereocenters. The first-order valence-corrected chi connectivity index (χ1v) is 12.7. The lowest BCUT2D eigenvalue weighted by atomic mass is 10.2. The van der Waals surface area contributed by atoms with Gasteiger partial charge in [-0.2, -0.15) is 0 Å². The molecule has 0 saturated carbocycles. The summed E-state index contributed by atoms with van der Waals surface area (Å²) in [6, 6.07) is 2.13. The second-order valence-electron chi connectivity index (χ2n) is 8.96. The largest absolute Gasteiger partial charge is 0.368 e. The van der Waals surface area contributed by atoms with Crippen molar-refractivity contribution in [2.45, 2.75) is 49.7 Å². The molecule has 11 heteroatoms. The quantitative estimate of drug-likeness (QED) is 0.321. The molecule has 0 radical (unpaired) electrons. The van der Waals surface area contributed by atoms with Crippen LogP contribution in [-0.4, -0.2) is 55.6 Å². The third kappa shape index (κ3) is 4.49. The van der Waals surface area contributed by atoms with Crippen molar-refractivity contribution in [3.05, 3.63) is 29.3 Å². The van der Waals surface area contributed by atoms with Crippen molar-refractivity contribution in [1.82, 2.24) is 29.9 Å². The molecule has 4 N–H and O–H groups in total. The molecule has 4 aromatic rings. The second-order valence-corrected chi connectivity index (χ2v) is 10.4. The first kappa shape index (κ1) is 23.1. The summed E-state index contributed by atoms with van der Waals surface area (Å²) in [4.78, 5) is 29.6. The molecule has 0 spiro atoms. The number of rotatable bonds is 7. The van der Waals surface area contributed by atoms with Crippen LogP contribution in [0.2, 0.25) is 5.02 Å². The number of aromatic amines is 1. The van der Waals surface area contributed by atoms with Crippen LogP contribution in [-0.2, 0) is 6.42 Å². The van der Waals surface area contributed by atoms with Crippen LogP contribution >= 0.6 is 23.4 Å². The van der Waals surface area contributed by atoms with Crippen LogP contribution in [0.1, 0.15) is 32.9 Å². The van der Waals surface area contributed by atoms with E-state index in [-0.39, 0.29) is 6.04 Å². The van der Waals surface area contributed by atoms with Crippen molar-refractivity contribution in [3.63, 3.8) is 0 Å². The van der Waals surface area contributed by atoms with Crippen molar-refractivity contribution in [2.24, 2.45) is 11.7 Å². The molecule has 1 fully saturated rings. The second kappa shape index (κ2) is 9.52. The van der Waals surface area contributed by atoms with E-state index in [9.17, 15) is 0 Å².